The maximum absolute atomic E-state index is 12.9. The van der Waals surface area contributed by atoms with Crippen molar-refractivity contribution in [3.63, 3.8) is 0 Å². The van der Waals surface area contributed by atoms with E-state index in [-0.39, 0.29) is 11.8 Å². The molecule has 0 aromatic heterocycles. The molecule has 130 valence electrons. The highest BCUT2D eigenvalue weighted by atomic mass is 19.1. The Bertz CT molecular complexity index is 563. The van der Waals surface area contributed by atoms with Gasteiger partial charge >= 0.3 is 6.03 Å². The molecule has 0 spiro atoms. The number of carbonyl (C=O) groups excluding carboxylic acids is 1. The van der Waals surface area contributed by atoms with Crippen LogP contribution in [0, 0.1) is 29.0 Å². The number of hydrogen-bond donors (Lipinski definition) is 2. The molecule has 5 rings (SSSR count). The highest BCUT2D eigenvalue weighted by Gasteiger charge is 2.50. The van der Waals surface area contributed by atoms with E-state index >= 15 is 0 Å². The second-order valence-electron chi connectivity index (χ2n) is 8.40. The van der Waals surface area contributed by atoms with Gasteiger partial charge in [0.15, 0.2) is 0 Å². The molecule has 0 saturated heterocycles. The van der Waals surface area contributed by atoms with E-state index < -0.39 is 0 Å². The maximum Gasteiger partial charge on any atom is 0.314 e. The van der Waals surface area contributed by atoms with Crippen molar-refractivity contribution in [1.29, 1.82) is 0 Å². The Labute approximate surface area is 143 Å². The van der Waals surface area contributed by atoms with Gasteiger partial charge in [0.2, 0.25) is 0 Å². The van der Waals surface area contributed by atoms with Gasteiger partial charge < -0.3 is 10.6 Å². The Morgan fingerprint density at radius 3 is 2.17 bits per heavy atom. The van der Waals surface area contributed by atoms with Gasteiger partial charge in [-0.1, -0.05) is 12.1 Å². The lowest BCUT2D eigenvalue weighted by Gasteiger charge is -2.56. The van der Waals surface area contributed by atoms with Crippen LogP contribution in [0.5, 0.6) is 0 Å². The van der Waals surface area contributed by atoms with E-state index in [2.05, 4.69) is 10.6 Å². The van der Waals surface area contributed by atoms with Crippen LogP contribution in [0.4, 0.5) is 9.18 Å². The molecule has 24 heavy (non-hydrogen) atoms. The number of rotatable bonds is 5. The van der Waals surface area contributed by atoms with Gasteiger partial charge in [0.1, 0.15) is 5.82 Å². The molecule has 2 amide bonds. The van der Waals surface area contributed by atoms with Crippen LogP contribution in [-0.4, -0.2) is 19.1 Å². The first kappa shape index (κ1) is 15.9. The number of amides is 2. The van der Waals surface area contributed by atoms with Gasteiger partial charge in [-0.05, 0) is 85.8 Å². The summed E-state index contributed by atoms with van der Waals surface area (Å²) in [5.41, 5.74) is 1.42. The van der Waals surface area contributed by atoms with E-state index in [0.29, 0.717) is 12.0 Å². The minimum absolute atomic E-state index is 0.0622. The van der Waals surface area contributed by atoms with Crippen molar-refractivity contribution in [2.45, 2.75) is 44.9 Å². The second-order valence-corrected chi connectivity index (χ2v) is 8.40. The first-order valence-electron chi connectivity index (χ1n) is 9.36. The van der Waals surface area contributed by atoms with Gasteiger partial charge in [0.05, 0.1) is 0 Å². The molecule has 4 heteroatoms. The van der Waals surface area contributed by atoms with Crippen molar-refractivity contribution in [3.05, 3.63) is 35.6 Å². The highest BCUT2D eigenvalue weighted by Crippen LogP contribution is 2.59. The van der Waals surface area contributed by atoms with Crippen LogP contribution in [0.1, 0.15) is 44.1 Å². The standard InChI is InChI=1S/C20H27FN2O/c21-18-3-1-14(2-4-18)5-6-22-19(24)23-13-20-10-15-7-16(11-20)9-17(8-15)12-20/h1-4,15-17H,5-13H2,(H2,22,23,24). The molecule has 0 atom stereocenters. The lowest BCUT2D eigenvalue weighted by molar-refractivity contribution is -0.0498. The van der Waals surface area contributed by atoms with Crippen molar-refractivity contribution >= 4 is 6.03 Å². The van der Waals surface area contributed by atoms with Gasteiger partial charge in [0, 0.05) is 13.1 Å². The summed E-state index contributed by atoms with van der Waals surface area (Å²) in [6.07, 6.45) is 8.97. The lowest BCUT2D eigenvalue weighted by Crippen LogP contribution is -2.52. The van der Waals surface area contributed by atoms with Crippen LogP contribution < -0.4 is 10.6 Å². The Morgan fingerprint density at radius 1 is 1.00 bits per heavy atom. The lowest BCUT2D eigenvalue weighted by atomic mass is 9.49. The quantitative estimate of drug-likeness (QED) is 0.845. The minimum Gasteiger partial charge on any atom is -0.338 e. The SMILES string of the molecule is O=C(NCCc1ccc(F)cc1)NCC12CC3CC(CC(C3)C1)C2. The van der Waals surface area contributed by atoms with E-state index in [1.165, 1.54) is 50.7 Å². The van der Waals surface area contributed by atoms with Crippen LogP contribution in [0.3, 0.4) is 0 Å². The smallest absolute Gasteiger partial charge is 0.314 e. The average Bonchev–Trinajstić information content (AvgIpc) is 2.54. The highest BCUT2D eigenvalue weighted by molar-refractivity contribution is 5.73. The van der Waals surface area contributed by atoms with Crippen LogP contribution in [-0.2, 0) is 6.42 Å². The summed E-state index contributed by atoms with van der Waals surface area (Å²) in [6, 6.07) is 6.40. The molecule has 3 nitrogen and oxygen atoms in total. The Morgan fingerprint density at radius 2 is 1.58 bits per heavy atom. The normalized spacial score (nSPS) is 33.5. The summed E-state index contributed by atoms with van der Waals surface area (Å²) in [5.74, 6) is 2.53. The molecule has 1 aromatic rings. The van der Waals surface area contributed by atoms with E-state index in [1.54, 1.807) is 12.1 Å². The van der Waals surface area contributed by atoms with Gasteiger partial charge in [-0.25, -0.2) is 9.18 Å². The molecule has 0 radical (unpaired) electrons. The molecule has 4 aliphatic carbocycles. The summed E-state index contributed by atoms with van der Waals surface area (Å²) in [7, 11) is 0. The fraction of sp³-hybridized carbons (Fsp3) is 0.650. The van der Waals surface area contributed by atoms with Crippen LogP contribution in [0.15, 0.2) is 24.3 Å². The average molecular weight is 330 g/mol. The van der Waals surface area contributed by atoms with E-state index in [0.717, 1.165) is 36.3 Å². The van der Waals surface area contributed by atoms with E-state index in [9.17, 15) is 9.18 Å². The Hall–Kier alpha value is -1.58. The third-order valence-corrected chi connectivity index (χ3v) is 6.40. The molecular weight excluding hydrogens is 303 g/mol. The molecule has 4 saturated carbocycles. The summed E-state index contributed by atoms with van der Waals surface area (Å²) >= 11 is 0. The Kier molecular flexibility index (Phi) is 4.23. The van der Waals surface area contributed by atoms with Crippen molar-refractivity contribution in [2.24, 2.45) is 23.2 Å². The number of hydrogen-bond acceptors (Lipinski definition) is 1. The third-order valence-electron chi connectivity index (χ3n) is 6.40. The van der Waals surface area contributed by atoms with Gasteiger partial charge in [-0.15, -0.1) is 0 Å². The number of carbonyl (C=O) groups is 1. The van der Waals surface area contributed by atoms with Crippen molar-refractivity contribution in [1.82, 2.24) is 10.6 Å². The molecule has 4 aliphatic rings. The van der Waals surface area contributed by atoms with Crippen molar-refractivity contribution in [3.8, 4) is 0 Å². The van der Waals surface area contributed by atoms with Crippen LogP contribution in [0.2, 0.25) is 0 Å². The minimum atomic E-state index is -0.222. The molecule has 2 N–H and O–H groups in total. The molecule has 4 bridgehead atoms. The number of urea groups is 1. The molecule has 4 fully saturated rings. The zero-order chi connectivity index (χ0) is 16.6. The maximum atomic E-state index is 12.9. The van der Waals surface area contributed by atoms with Crippen LogP contribution in [0.25, 0.3) is 0 Å². The predicted molar refractivity (Wildman–Crippen MR) is 92.1 cm³/mol. The molecule has 0 unspecified atom stereocenters. The fourth-order valence-corrected chi connectivity index (χ4v) is 5.81. The number of nitrogens with one attached hydrogen (secondary N) is 2. The van der Waals surface area contributed by atoms with Gasteiger partial charge in [0.25, 0.3) is 0 Å². The van der Waals surface area contributed by atoms with Crippen molar-refractivity contribution < 1.29 is 9.18 Å². The van der Waals surface area contributed by atoms with Gasteiger partial charge in [-0.3, -0.25) is 0 Å². The fourth-order valence-electron chi connectivity index (χ4n) is 5.81. The number of benzene rings is 1. The second kappa shape index (κ2) is 6.38. The Balaban J connectivity index is 1.22. The first-order chi connectivity index (χ1) is 11.6. The third kappa shape index (κ3) is 3.42. The van der Waals surface area contributed by atoms with Crippen LogP contribution >= 0.6 is 0 Å². The molecule has 1 aromatic carbocycles. The van der Waals surface area contributed by atoms with E-state index in [4.69, 9.17) is 0 Å². The molecular formula is C20H27FN2O. The van der Waals surface area contributed by atoms with Gasteiger partial charge in [-0.2, -0.15) is 0 Å². The summed E-state index contributed by atoms with van der Waals surface area (Å²) < 4.78 is 12.9. The largest absolute Gasteiger partial charge is 0.338 e. The topological polar surface area (TPSA) is 41.1 Å². The zero-order valence-electron chi connectivity index (χ0n) is 14.2. The molecule has 0 heterocycles. The summed E-state index contributed by atoms with van der Waals surface area (Å²) in [5, 5.41) is 6.06. The zero-order valence-corrected chi connectivity index (χ0v) is 14.2. The molecule has 0 aliphatic heterocycles. The summed E-state index contributed by atoms with van der Waals surface area (Å²) in [4.78, 5) is 12.1. The monoisotopic (exact) mass is 330 g/mol. The van der Waals surface area contributed by atoms with Crippen molar-refractivity contribution in [2.75, 3.05) is 13.1 Å². The first-order valence-corrected chi connectivity index (χ1v) is 9.36. The van der Waals surface area contributed by atoms with E-state index in [1.807, 2.05) is 0 Å². The predicted octanol–water partition coefficient (Wildman–Crippen LogP) is 3.88. The number of halogens is 1. The summed E-state index contributed by atoms with van der Waals surface area (Å²) in [6.45, 7) is 1.41.